The number of rotatable bonds is 8. The Bertz CT molecular complexity index is 464. The molecule has 0 aliphatic carbocycles. The standard InChI is InChI=1S/C15H21N3O3/c19-14(16-8-10-18-11-9-17-15(18)20)7-4-12-21-13-5-2-1-3-6-13/h1-3,5-6H,4,7-12H2,(H,16,19)(H,17,20). The molecule has 1 aromatic rings. The highest BCUT2D eigenvalue weighted by Crippen LogP contribution is 2.08. The van der Waals surface area contributed by atoms with Crippen molar-refractivity contribution >= 4 is 11.9 Å². The molecular formula is C15H21N3O3. The Labute approximate surface area is 124 Å². The van der Waals surface area contributed by atoms with E-state index >= 15 is 0 Å². The Morgan fingerprint density at radius 2 is 2.14 bits per heavy atom. The van der Waals surface area contributed by atoms with Crippen LogP contribution in [-0.4, -0.2) is 49.6 Å². The van der Waals surface area contributed by atoms with Crippen molar-refractivity contribution in [3.63, 3.8) is 0 Å². The van der Waals surface area contributed by atoms with Crippen LogP contribution in [0.4, 0.5) is 4.79 Å². The van der Waals surface area contributed by atoms with Crippen LogP contribution in [0.2, 0.25) is 0 Å². The van der Waals surface area contributed by atoms with Gasteiger partial charge in [-0.05, 0) is 18.6 Å². The lowest BCUT2D eigenvalue weighted by Gasteiger charge is -2.14. The fourth-order valence-electron chi connectivity index (χ4n) is 2.08. The van der Waals surface area contributed by atoms with Crippen LogP contribution in [0.25, 0.3) is 0 Å². The van der Waals surface area contributed by atoms with Gasteiger partial charge in [0.05, 0.1) is 6.61 Å². The van der Waals surface area contributed by atoms with Crippen LogP contribution in [0, 0.1) is 0 Å². The third kappa shape index (κ3) is 5.33. The van der Waals surface area contributed by atoms with Crippen molar-refractivity contribution < 1.29 is 14.3 Å². The first kappa shape index (κ1) is 15.2. The van der Waals surface area contributed by atoms with Gasteiger partial charge in [0.25, 0.3) is 0 Å². The highest BCUT2D eigenvalue weighted by Gasteiger charge is 2.18. The number of amides is 3. The van der Waals surface area contributed by atoms with Crippen molar-refractivity contribution in [3.8, 4) is 5.75 Å². The summed E-state index contributed by atoms with van der Waals surface area (Å²) in [6.45, 7) is 2.96. The molecule has 6 heteroatoms. The molecule has 1 aromatic carbocycles. The average Bonchev–Trinajstić information content (AvgIpc) is 2.90. The molecule has 1 heterocycles. The van der Waals surface area contributed by atoms with Crippen LogP contribution in [0.5, 0.6) is 5.75 Å². The minimum atomic E-state index is -0.0551. The van der Waals surface area contributed by atoms with Gasteiger partial charge in [-0.15, -0.1) is 0 Å². The van der Waals surface area contributed by atoms with E-state index in [2.05, 4.69) is 10.6 Å². The minimum Gasteiger partial charge on any atom is -0.494 e. The maximum absolute atomic E-state index is 11.6. The van der Waals surface area contributed by atoms with Crippen molar-refractivity contribution in [1.82, 2.24) is 15.5 Å². The first-order valence-corrected chi connectivity index (χ1v) is 7.23. The van der Waals surface area contributed by atoms with Gasteiger partial charge in [0.2, 0.25) is 5.91 Å². The van der Waals surface area contributed by atoms with Gasteiger partial charge in [-0.25, -0.2) is 4.79 Å². The summed E-state index contributed by atoms with van der Waals surface area (Å²) in [4.78, 5) is 24.6. The molecular weight excluding hydrogens is 270 g/mol. The number of nitrogens with one attached hydrogen (secondary N) is 2. The van der Waals surface area contributed by atoms with Gasteiger partial charge < -0.3 is 20.3 Å². The molecule has 1 aliphatic rings. The van der Waals surface area contributed by atoms with Gasteiger partial charge in [0, 0.05) is 32.6 Å². The number of ether oxygens (including phenoxy) is 1. The van der Waals surface area contributed by atoms with Crippen LogP contribution in [0.15, 0.2) is 30.3 Å². The summed E-state index contributed by atoms with van der Waals surface area (Å²) >= 11 is 0. The number of carbonyl (C=O) groups excluding carboxylic acids is 2. The molecule has 1 fully saturated rings. The number of nitrogens with zero attached hydrogens (tertiary/aromatic N) is 1. The number of benzene rings is 1. The van der Waals surface area contributed by atoms with Gasteiger partial charge in [-0.2, -0.15) is 0 Å². The van der Waals surface area contributed by atoms with E-state index in [1.54, 1.807) is 4.90 Å². The number of urea groups is 1. The smallest absolute Gasteiger partial charge is 0.317 e. The van der Waals surface area contributed by atoms with Crippen LogP contribution >= 0.6 is 0 Å². The SMILES string of the molecule is O=C(CCCOc1ccccc1)NCCN1CCNC1=O. The first-order chi connectivity index (χ1) is 10.3. The van der Waals surface area contributed by atoms with E-state index in [1.807, 2.05) is 30.3 Å². The number of para-hydroxylation sites is 1. The van der Waals surface area contributed by atoms with Crippen molar-refractivity contribution in [2.75, 3.05) is 32.8 Å². The van der Waals surface area contributed by atoms with E-state index in [0.29, 0.717) is 45.6 Å². The lowest BCUT2D eigenvalue weighted by molar-refractivity contribution is -0.121. The lowest BCUT2D eigenvalue weighted by Crippen LogP contribution is -2.36. The molecule has 114 valence electrons. The lowest BCUT2D eigenvalue weighted by atomic mass is 10.3. The predicted octanol–water partition coefficient (Wildman–Crippen LogP) is 0.987. The maximum atomic E-state index is 11.6. The molecule has 0 atom stereocenters. The summed E-state index contributed by atoms with van der Waals surface area (Å²) in [5.41, 5.74) is 0. The molecule has 0 saturated carbocycles. The normalized spacial score (nSPS) is 13.9. The summed E-state index contributed by atoms with van der Waals surface area (Å²) in [5, 5.41) is 5.54. The minimum absolute atomic E-state index is 0.00809. The highest BCUT2D eigenvalue weighted by molar-refractivity contribution is 5.77. The van der Waals surface area contributed by atoms with Gasteiger partial charge in [-0.3, -0.25) is 4.79 Å². The van der Waals surface area contributed by atoms with Crippen molar-refractivity contribution in [3.05, 3.63) is 30.3 Å². The second-order valence-electron chi connectivity index (χ2n) is 4.83. The Kier molecular flexibility index (Phi) is 5.87. The quantitative estimate of drug-likeness (QED) is 0.702. The summed E-state index contributed by atoms with van der Waals surface area (Å²) < 4.78 is 5.52. The van der Waals surface area contributed by atoms with E-state index < -0.39 is 0 Å². The van der Waals surface area contributed by atoms with Crippen molar-refractivity contribution in [2.45, 2.75) is 12.8 Å². The second kappa shape index (κ2) is 8.14. The highest BCUT2D eigenvalue weighted by atomic mass is 16.5. The van der Waals surface area contributed by atoms with Crippen LogP contribution < -0.4 is 15.4 Å². The number of hydrogen-bond donors (Lipinski definition) is 2. The van der Waals surface area contributed by atoms with E-state index in [0.717, 1.165) is 5.75 Å². The molecule has 0 unspecified atom stereocenters. The molecule has 21 heavy (non-hydrogen) atoms. The number of carbonyl (C=O) groups is 2. The van der Waals surface area contributed by atoms with Gasteiger partial charge in [-0.1, -0.05) is 18.2 Å². The maximum Gasteiger partial charge on any atom is 0.317 e. The fourth-order valence-corrected chi connectivity index (χ4v) is 2.08. The Hall–Kier alpha value is -2.24. The Morgan fingerprint density at radius 3 is 2.86 bits per heavy atom. The second-order valence-corrected chi connectivity index (χ2v) is 4.83. The molecule has 2 N–H and O–H groups in total. The van der Waals surface area contributed by atoms with Gasteiger partial charge in [0.1, 0.15) is 5.75 Å². The average molecular weight is 291 g/mol. The van der Waals surface area contributed by atoms with Crippen molar-refractivity contribution in [2.24, 2.45) is 0 Å². The Morgan fingerprint density at radius 1 is 1.33 bits per heavy atom. The van der Waals surface area contributed by atoms with Gasteiger partial charge >= 0.3 is 6.03 Å². The van der Waals surface area contributed by atoms with Crippen LogP contribution in [0.3, 0.4) is 0 Å². The van der Waals surface area contributed by atoms with Crippen molar-refractivity contribution in [1.29, 1.82) is 0 Å². The van der Waals surface area contributed by atoms with E-state index in [4.69, 9.17) is 4.74 Å². The zero-order chi connectivity index (χ0) is 14.9. The summed E-state index contributed by atoms with van der Waals surface area (Å²) in [7, 11) is 0. The zero-order valence-corrected chi connectivity index (χ0v) is 12.0. The first-order valence-electron chi connectivity index (χ1n) is 7.23. The topological polar surface area (TPSA) is 70.7 Å². The molecule has 0 bridgehead atoms. The third-order valence-electron chi connectivity index (χ3n) is 3.21. The molecule has 6 nitrogen and oxygen atoms in total. The summed E-state index contributed by atoms with van der Waals surface area (Å²) in [6.07, 6.45) is 1.10. The Balaban J connectivity index is 1.50. The molecule has 1 saturated heterocycles. The molecule has 1 aliphatic heterocycles. The summed E-state index contributed by atoms with van der Waals surface area (Å²) in [6, 6.07) is 9.48. The van der Waals surface area contributed by atoms with Gasteiger partial charge in [0.15, 0.2) is 0 Å². The molecule has 3 amide bonds. The molecule has 0 aromatic heterocycles. The van der Waals surface area contributed by atoms with Crippen LogP contribution in [-0.2, 0) is 4.79 Å². The molecule has 0 radical (unpaired) electrons. The molecule has 0 spiro atoms. The number of hydrogen-bond acceptors (Lipinski definition) is 3. The largest absolute Gasteiger partial charge is 0.494 e. The van der Waals surface area contributed by atoms with E-state index in [9.17, 15) is 9.59 Å². The third-order valence-corrected chi connectivity index (χ3v) is 3.21. The summed E-state index contributed by atoms with van der Waals surface area (Å²) in [5.74, 6) is 0.809. The zero-order valence-electron chi connectivity index (χ0n) is 12.0. The van der Waals surface area contributed by atoms with E-state index in [1.165, 1.54) is 0 Å². The monoisotopic (exact) mass is 291 g/mol. The van der Waals surface area contributed by atoms with E-state index in [-0.39, 0.29) is 11.9 Å². The predicted molar refractivity (Wildman–Crippen MR) is 79.2 cm³/mol. The fraction of sp³-hybridized carbons (Fsp3) is 0.467. The molecule has 2 rings (SSSR count). The van der Waals surface area contributed by atoms with Crippen LogP contribution in [0.1, 0.15) is 12.8 Å².